The van der Waals surface area contributed by atoms with E-state index >= 15 is 0 Å². The van der Waals surface area contributed by atoms with E-state index in [4.69, 9.17) is 0 Å². The number of aromatic nitrogens is 3. The van der Waals surface area contributed by atoms with Crippen molar-refractivity contribution >= 4 is 5.91 Å². The maximum atomic E-state index is 12.6. The fourth-order valence-corrected chi connectivity index (χ4v) is 3.29. The lowest BCUT2D eigenvalue weighted by Gasteiger charge is -2.32. The lowest BCUT2D eigenvalue weighted by molar-refractivity contribution is -0.132. The van der Waals surface area contributed by atoms with Gasteiger partial charge in [0.25, 0.3) is 0 Å². The number of carbonyl (C=O) groups excluding carboxylic acids is 1. The number of carbonyl (C=O) groups is 1. The molecule has 1 aliphatic heterocycles. The molecule has 1 saturated heterocycles. The molecule has 2 aromatic rings. The van der Waals surface area contributed by atoms with Crippen LogP contribution in [0.4, 0.5) is 0 Å². The van der Waals surface area contributed by atoms with Gasteiger partial charge in [-0.25, -0.2) is 0 Å². The van der Waals surface area contributed by atoms with E-state index in [1.165, 1.54) is 0 Å². The van der Waals surface area contributed by atoms with E-state index in [1.807, 2.05) is 30.4 Å². The topological polar surface area (TPSA) is 62.2 Å². The Kier molecular flexibility index (Phi) is 6.06. The lowest BCUT2D eigenvalue weighted by Crippen LogP contribution is -2.40. The van der Waals surface area contributed by atoms with Crippen molar-refractivity contribution < 1.29 is 4.79 Å². The number of likely N-dealkylation sites (tertiary alicyclic amines) is 1. The Hall–Kier alpha value is -2.34. The molecular formula is C19H25N5O. The summed E-state index contributed by atoms with van der Waals surface area (Å²) in [5, 5.41) is 0. The fourth-order valence-electron chi connectivity index (χ4n) is 3.29. The molecule has 1 atom stereocenters. The molecule has 1 amide bonds. The number of amides is 1. The van der Waals surface area contributed by atoms with Crippen molar-refractivity contribution in [3.63, 3.8) is 0 Å². The van der Waals surface area contributed by atoms with Crippen molar-refractivity contribution in [1.82, 2.24) is 24.8 Å². The average Bonchev–Trinajstić information content (AvgIpc) is 2.68. The minimum absolute atomic E-state index is 0.228. The van der Waals surface area contributed by atoms with Crippen LogP contribution in [0.1, 0.15) is 36.4 Å². The van der Waals surface area contributed by atoms with Crippen LogP contribution in [0.2, 0.25) is 0 Å². The van der Waals surface area contributed by atoms with Crippen molar-refractivity contribution in [2.75, 3.05) is 26.7 Å². The van der Waals surface area contributed by atoms with E-state index in [2.05, 4.69) is 25.9 Å². The predicted molar refractivity (Wildman–Crippen MR) is 95.8 cm³/mol. The number of piperidine rings is 1. The first kappa shape index (κ1) is 17.5. The van der Waals surface area contributed by atoms with Crippen molar-refractivity contribution in [2.45, 2.75) is 31.7 Å². The summed E-state index contributed by atoms with van der Waals surface area (Å²) < 4.78 is 0. The third kappa shape index (κ3) is 5.06. The van der Waals surface area contributed by atoms with Gasteiger partial charge >= 0.3 is 0 Å². The van der Waals surface area contributed by atoms with Crippen molar-refractivity contribution in [2.24, 2.45) is 0 Å². The highest BCUT2D eigenvalue weighted by Crippen LogP contribution is 2.25. The Morgan fingerprint density at radius 3 is 2.92 bits per heavy atom. The molecule has 0 bridgehead atoms. The molecule has 0 saturated carbocycles. The van der Waals surface area contributed by atoms with Gasteiger partial charge in [-0.1, -0.05) is 6.07 Å². The van der Waals surface area contributed by atoms with Crippen LogP contribution in [0.3, 0.4) is 0 Å². The lowest BCUT2D eigenvalue weighted by atomic mass is 9.95. The van der Waals surface area contributed by atoms with Crippen LogP contribution in [0, 0.1) is 0 Å². The molecule has 0 aliphatic carbocycles. The van der Waals surface area contributed by atoms with Crippen LogP contribution in [0.15, 0.2) is 43.1 Å². The van der Waals surface area contributed by atoms with Gasteiger partial charge in [0.15, 0.2) is 0 Å². The first-order chi connectivity index (χ1) is 12.2. The highest BCUT2D eigenvalue weighted by molar-refractivity contribution is 5.76. The highest BCUT2D eigenvalue weighted by atomic mass is 16.2. The minimum atomic E-state index is 0.228. The third-order valence-electron chi connectivity index (χ3n) is 4.66. The van der Waals surface area contributed by atoms with Crippen LogP contribution in [0.25, 0.3) is 0 Å². The largest absolute Gasteiger partial charge is 0.342 e. The Morgan fingerprint density at radius 1 is 1.28 bits per heavy atom. The zero-order valence-electron chi connectivity index (χ0n) is 14.7. The first-order valence-corrected chi connectivity index (χ1v) is 8.83. The Bertz CT molecular complexity index is 664. The monoisotopic (exact) mass is 339 g/mol. The van der Waals surface area contributed by atoms with E-state index in [0.29, 0.717) is 12.3 Å². The van der Waals surface area contributed by atoms with Gasteiger partial charge in [-0.2, -0.15) is 0 Å². The Balaban J connectivity index is 1.47. The molecule has 0 N–H and O–H groups in total. The molecule has 0 radical (unpaired) electrons. The molecule has 1 unspecified atom stereocenters. The van der Waals surface area contributed by atoms with Gasteiger partial charge in [-0.05, 0) is 31.5 Å². The van der Waals surface area contributed by atoms with E-state index in [-0.39, 0.29) is 5.91 Å². The smallest absolute Gasteiger partial charge is 0.223 e. The molecule has 132 valence electrons. The minimum Gasteiger partial charge on any atom is -0.342 e. The molecule has 25 heavy (non-hydrogen) atoms. The second-order valence-corrected chi connectivity index (χ2v) is 6.66. The van der Waals surface area contributed by atoms with Gasteiger partial charge in [0, 0.05) is 69.5 Å². The summed E-state index contributed by atoms with van der Waals surface area (Å²) in [6.45, 7) is 3.16. The normalized spacial score (nSPS) is 17.7. The number of rotatable bonds is 6. The van der Waals surface area contributed by atoms with E-state index < -0.39 is 0 Å². The van der Waals surface area contributed by atoms with E-state index in [0.717, 1.165) is 50.3 Å². The van der Waals surface area contributed by atoms with Crippen LogP contribution in [-0.4, -0.2) is 57.3 Å². The van der Waals surface area contributed by atoms with Crippen molar-refractivity contribution in [1.29, 1.82) is 0 Å². The summed E-state index contributed by atoms with van der Waals surface area (Å²) in [6.07, 6.45) is 11.5. The molecule has 3 rings (SSSR count). The average molecular weight is 339 g/mol. The number of hydrogen-bond donors (Lipinski definition) is 0. The van der Waals surface area contributed by atoms with Gasteiger partial charge in [-0.3, -0.25) is 19.7 Å². The van der Waals surface area contributed by atoms with Crippen LogP contribution in [0.5, 0.6) is 0 Å². The molecule has 0 spiro atoms. The van der Waals surface area contributed by atoms with Gasteiger partial charge in [0.2, 0.25) is 5.91 Å². The maximum Gasteiger partial charge on any atom is 0.223 e. The van der Waals surface area contributed by atoms with Crippen molar-refractivity contribution in [3.05, 3.63) is 54.4 Å². The summed E-state index contributed by atoms with van der Waals surface area (Å²) in [7, 11) is 2.04. The molecule has 2 aromatic heterocycles. The molecule has 1 aliphatic rings. The van der Waals surface area contributed by atoms with Gasteiger partial charge in [0.05, 0.1) is 5.69 Å². The van der Waals surface area contributed by atoms with Crippen molar-refractivity contribution in [3.8, 4) is 0 Å². The highest BCUT2D eigenvalue weighted by Gasteiger charge is 2.25. The predicted octanol–water partition coefficient (Wildman–Crippen LogP) is 2.10. The quantitative estimate of drug-likeness (QED) is 0.806. The molecule has 6 nitrogen and oxygen atoms in total. The van der Waals surface area contributed by atoms with Crippen LogP contribution in [-0.2, 0) is 11.3 Å². The Morgan fingerprint density at radius 2 is 2.16 bits per heavy atom. The molecule has 0 aromatic carbocycles. The van der Waals surface area contributed by atoms with Crippen LogP contribution >= 0.6 is 0 Å². The Labute approximate surface area is 148 Å². The maximum absolute atomic E-state index is 12.6. The second kappa shape index (κ2) is 8.67. The van der Waals surface area contributed by atoms with Gasteiger partial charge < -0.3 is 9.80 Å². The summed E-state index contributed by atoms with van der Waals surface area (Å²) in [4.78, 5) is 29.4. The number of hydrogen-bond acceptors (Lipinski definition) is 5. The fraction of sp³-hybridized carbons (Fsp3) is 0.474. The molecule has 6 heteroatoms. The summed E-state index contributed by atoms with van der Waals surface area (Å²) in [5.74, 6) is 0.533. The van der Waals surface area contributed by atoms with Gasteiger partial charge in [0.1, 0.15) is 0 Å². The zero-order valence-corrected chi connectivity index (χ0v) is 14.7. The number of pyridine rings is 1. The number of nitrogens with zero attached hydrogens (tertiary/aromatic N) is 5. The summed E-state index contributed by atoms with van der Waals surface area (Å²) in [5.41, 5.74) is 2.16. The molecular weight excluding hydrogens is 314 g/mol. The van der Waals surface area contributed by atoms with E-state index in [9.17, 15) is 4.79 Å². The van der Waals surface area contributed by atoms with Crippen LogP contribution < -0.4 is 0 Å². The molecule has 1 fully saturated rings. The standard InChI is InChI=1S/C19H25N5O/c1-23(14-16-4-2-7-20-12-16)11-6-19(25)24-10-3-5-17(15-24)18-13-21-8-9-22-18/h2,4,7-9,12-13,17H,3,5-6,10-11,14-15H2,1H3. The summed E-state index contributed by atoms with van der Waals surface area (Å²) >= 11 is 0. The SMILES string of the molecule is CN(CCC(=O)N1CCCC(c2cnccn2)C1)Cc1cccnc1. The first-order valence-electron chi connectivity index (χ1n) is 8.83. The third-order valence-corrected chi connectivity index (χ3v) is 4.66. The van der Waals surface area contributed by atoms with E-state index in [1.54, 1.807) is 18.6 Å². The summed E-state index contributed by atoms with van der Waals surface area (Å²) in [6, 6.07) is 4.00. The van der Waals surface area contributed by atoms with Gasteiger partial charge in [-0.15, -0.1) is 0 Å². The second-order valence-electron chi connectivity index (χ2n) is 6.66. The zero-order chi connectivity index (χ0) is 17.5. The molecule has 3 heterocycles.